The van der Waals surface area contributed by atoms with E-state index in [9.17, 15) is 14.5 Å². The second-order valence-corrected chi connectivity index (χ2v) is 4.79. The second kappa shape index (κ2) is 6.29. The summed E-state index contributed by atoms with van der Waals surface area (Å²) in [6, 6.07) is 5.67. The summed E-state index contributed by atoms with van der Waals surface area (Å²) in [5.41, 5.74) is -0.180. The van der Waals surface area contributed by atoms with E-state index in [4.69, 9.17) is 0 Å². The monoisotopic (exact) mass is 294 g/mol. The molecule has 0 aliphatic rings. The lowest BCUT2D eigenvalue weighted by molar-refractivity contribution is -0.388. The Morgan fingerprint density at radius 3 is 2.70 bits per heavy atom. The van der Waals surface area contributed by atoms with Crippen molar-refractivity contribution in [3.63, 3.8) is 0 Å². The van der Waals surface area contributed by atoms with Crippen LogP contribution >= 0.6 is 11.8 Å². The molecule has 6 nitrogen and oxygen atoms in total. The van der Waals surface area contributed by atoms with Crippen LogP contribution in [0.5, 0.6) is 0 Å². The third-order valence-electron chi connectivity index (χ3n) is 2.30. The Morgan fingerprint density at radius 1 is 1.40 bits per heavy atom. The Hall–Kier alpha value is -2.22. The molecule has 2 aromatic rings. The van der Waals surface area contributed by atoms with E-state index in [2.05, 4.69) is 15.3 Å². The van der Waals surface area contributed by atoms with Crippen LogP contribution in [0.25, 0.3) is 0 Å². The maximum atomic E-state index is 12.8. The third kappa shape index (κ3) is 3.41. The van der Waals surface area contributed by atoms with E-state index in [1.807, 2.05) is 6.92 Å². The summed E-state index contributed by atoms with van der Waals surface area (Å²) in [4.78, 5) is 19.1. The van der Waals surface area contributed by atoms with Gasteiger partial charge in [0.1, 0.15) is 12.0 Å². The molecule has 0 saturated heterocycles. The first kappa shape index (κ1) is 14.2. The molecule has 20 heavy (non-hydrogen) atoms. The summed E-state index contributed by atoms with van der Waals surface area (Å²) in [7, 11) is 0. The normalized spacial score (nSPS) is 10.3. The van der Waals surface area contributed by atoms with Crippen molar-refractivity contribution < 1.29 is 9.31 Å². The SMILES string of the molecule is CCNc1ncc([N+](=O)[O-])c(Sc2ccc(F)cc2)n1. The number of hydrogen-bond acceptors (Lipinski definition) is 6. The molecule has 0 amide bonds. The van der Waals surface area contributed by atoms with E-state index in [0.717, 1.165) is 18.0 Å². The minimum absolute atomic E-state index is 0.180. The third-order valence-corrected chi connectivity index (χ3v) is 3.30. The molecule has 2 rings (SSSR count). The molecular weight excluding hydrogens is 283 g/mol. The molecule has 1 aromatic carbocycles. The van der Waals surface area contributed by atoms with Crippen LogP contribution in [0.3, 0.4) is 0 Å². The van der Waals surface area contributed by atoms with Gasteiger partial charge in [0.25, 0.3) is 0 Å². The van der Waals surface area contributed by atoms with E-state index < -0.39 is 4.92 Å². The molecule has 0 radical (unpaired) electrons. The topological polar surface area (TPSA) is 81.0 Å². The van der Waals surface area contributed by atoms with Crippen molar-refractivity contribution in [1.29, 1.82) is 0 Å². The van der Waals surface area contributed by atoms with Gasteiger partial charge < -0.3 is 5.32 Å². The quantitative estimate of drug-likeness (QED) is 0.518. The maximum absolute atomic E-state index is 12.8. The van der Waals surface area contributed by atoms with Crippen molar-refractivity contribution in [3.8, 4) is 0 Å². The Labute approximate surface area is 118 Å². The number of nitrogens with zero attached hydrogens (tertiary/aromatic N) is 3. The van der Waals surface area contributed by atoms with E-state index in [1.54, 1.807) is 12.1 Å². The van der Waals surface area contributed by atoms with Crippen molar-refractivity contribution in [2.24, 2.45) is 0 Å². The van der Waals surface area contributed by atoms with Gasteiger partial charge in [0.2, 0.25) is 5.95 Å². The van der Waals surface area contributed by atoms with Crippen LogP contribution in [0.1, 0.15) is 6.92 Å². The summed E-state index contributed by atoms with van der Waals surface area (Å²) in [5, 5.41) is 14.1. The van der Waals surface area contributed by atoms with Crippen molar-refractivity contribution in [3.05, 3.63) is 46.4 Å². The molecule has 104 valence electrons. The number of benzene rings is 1. The van der Waals surface area contributed by atoms with Crippen LogP contribution < -0.4 is 5.32 Å². The average molecular weight is 294 g/mol. The van der Waals surface area contributed by atoms with Crippen molar-refractivity contribution in [2.45, 2.75) is 16.8 Å². The molecule has 0 aliphatic heterocycles. The van der Waals surface area contributed by atoms with Crippen LogP contribution in [-0.2, 0) is 0 Å². The maximum Gasteiger partial charge on any atom is 0.320 e. The smallest absolute Gasteiger partial charge is 0.320 e. The number of hydrogen-bond donors (Lipinski definition) is 1. The Morgan fingerprint density at radius 2 is 2.10 bits per heavy atom. The highest BCUT2D eigenvalue weighted by atomic mass is 32.2. The van der Waals surface area contributed by atoms with Gasteiger partial charge in [-0.2, -0.15) is 4.98 Å². The van der Waals surface area contributed by atoms with Crippen molar-refractivity contribution in [1.82, 2.24) is 9.97 Å². The fraction of sp³-hybridized carbons (Fsp3) is 0.167. The summed E-state index contributed by atoms with van der Waals surface area (Å²) in [6.45, 7) is 2.48. The van der Waals surface area contributed by atoms with Gasteiger partial charge >= 0.3 is 5.69 Å². The molecule has 1 N–H and O–H groups in total. The number of rotatable bonds is 5. The summed E-state index contributed by atoms with van der Waals surface area (Å²) < 4.78 is 12.8. The molecule has 1 aromatic heterocycles. The molecule has 0 fully saturated rings. The standard InChI is InChI=1S/C12H11FN4O2S/c1-2-14-12-15-7-10(17(18)19)11(16-12)20-9-5-3-8(13)4-6-9/h3-7H,2H2,1H3,(H,14,15,16). The highest BCUT2D eigenvalue weighted by Crippen LogP contribution is 2.33. The summed E-state index contributed by atoms with van der Waals surface area (Å²) in [6.07, 6.45) is 1.16. The zero-order valence-electron chi connectivity index (χ0n) is 10.5. The fourth-order valence-electron chi connectivity index (χ4n) is 1.42. The van der Waals surface area contributed by atoms with Gasteiger partial charge in [-0.25, -0.2) is 9.37 Å². The molecule has 8 heteroatoms. The minimum atomic E-state index is -0.540. The number of nitrogens with one attached hydrogen (secondary N) is 1. The van der Waals surface area contributed by atoms with Gasteiger partial charge in [-0.05, 0) is 31.2 Å². The molecule has 0 bridgehead atoms. The van der Waals surface area contributed by atoms with E-state index in [-0.39, 0.29) is 16.5 Å². The minimum Gasteiger partial charge on any atom is -0.354 e. The van der Waals surface area contributed by atoms with Gasteiger partial charge in [0, 0.05) is 11.4 Å². The Bertz CT molecular complexity index is 621. The van der Waals surface area contributed by atoms with Gasteiger partial charge in [-0.3, -0.25) is 10.1 Å². The van der Waals surface area contributed by atoms with Crippen LogP contribution in [0.15, 0.2) is 40.4 Å². The summed E-state index contributed by atoms with van der Waals surface area (Å²) in [5.74, 6) is -0.0393. The highest BCUT2D eigenvalue weighted by molar-refractivity contribution is 7.99. The lowest BCUT2D eigenvalue weighted by Crippen LogP contribution is -2.04. The molecule has 0 spiro atoms. The first-order valence-electron chi connectivity index (χ1n) is 5.79. The number of nitro groups is 1. The summed E-state index contributed by atoms with van der Waals surface area (Å²) >= 11 is 1.09. The Kier molecular flexibility index (Phi) is 4.46. The van der Waals surface area contributed by atoms with Crippen LogP contribution in [-0.4, -0.2) is 21.4 Å². The van der Waals surface area contributed by atoms with Gasteiger partial charge in [0.05, 0.1) is 4.92 Å². The van der Waals surface area contributed by atoms with E-state index >= 15 is 0 Å². The molecule has 1 heterocycles. The molecule has 0 atom stereocenters. The first-order valence-corrected chi connectivity index (χ1v) is 6.60. The second-order valence-electron chi connectivity index (χ2n) is 3.73. The largest absolute Gasteiger partial charge is 0.354 e. The van der Waals surface area contributed by atoms with Gasteiger partial charge in [-0.1, -0.05) is 11.8 Å². The number of anilines is 1. The molecule has 0 saturated carbocycles. The zero-order chi connectivity index (χ0) is 14.5. The fourth-order valence-corrected chi connectivity index (χ4v) is 2.28. The molecule has 0 aliphatic carbocycles. The number of aromatic nitrogens is 2. The molecular formula is C12H11FN4O2S. The van der Waals surface area contributed by atoms with Crippen LogP contribution in [0.2, 0.25) is 0 Å². The van der Waals surface area contributed by atoms with E-state index in [1.165, 1.54) is 12.1 Å². The molecule has 0 unspecified atom stereocenters. The van der Waals surface area contributed by atoms with E-state index in [0.29, 0.717) is 17.4 Å². The van der Waals surface area contributed by atoms with Gasteiger partial charge in [-0.15, -0.1) is 0 Å². The number of halogens is 1. The van der Waals surface area contributed by atoms with Crippen LogP contribution in [0.4, 0.5) is 16.0 Å². The predicted molar refractivity (Wildman–Crippen MR) is 73.4 cm³/mol. The van der Waals surface area contributed by atoms with Crippen LogP contribution in [0, 0.1) is 15.9 Å². The predicted octanol–water partition coefficient (Wildman–Crippen LogP) is 3.11. The average Bonchev–Trinajstić information content (AvgIpc) is 2.42. The van der Waals surface area contributed by atoms with Crippen molar-refractivity contribution >= 4 is 23.4 Å². The first-order chi connectivity index (χ1) is 9.60. The zero-order valence-corrected chi connectivity index (χ0v) is 11.4. The Balaban J connectivity index is 2.34. The lowest BCUT2D eigenvalue weighted by Gasteiger charge is -2.05. The highest BCUT2D eigenvalue weighted by Gasteiger charge is 2.18. The van der Waals surface area contributed by atoms with Gasteiger partial charge in [0.15, 0.2) is 5.03 Å². The van der Waals surface area contributed by atoms with Crippen molar-refractivity contribution in [2.75, 3.05) is 11.9 Å². The lowest BCUT2D eigenvalue weighted by atomic mass is 10.4.